The Labute approximate surface area is 140 Å². The number of rotatable bonds is 1. The standard InChI is InChI=1S/C18H21NO5/c1-19-4-3-9-5-12(20)17-15(16(9)19)10-6-13-14(23-8-22-13)7-11(10)18(21-2)24-17/h5-7,12,15-18,20H,3-4,8H2,1-2H3/t12-,15-,16+,17+,18-/m0/s1. The molecule has 0 aromatic heterocycles. The van der Waals surface area contributed by atoms with Crippen molar-refractivity contribution < 1.29 is 24.1 Å². The first-order valence-corrected chi connectivity index (χ1v) is 8.38. The number of methoxy groups -OCH3 is 1. The summed E-state index contributed by atoms with van der Waals surface area (Å²) in [6, 6.07) is 4.25. The van der Waals surface area contributed by atoms with E-state index in [0.717, 1.165) is 35.6 Å². The number of aliphatic hydroxyl groups excluding tert-OH is 1. The van der Waals surface area contributed by atoms with Crippen LogP contribution in [-0.2, 0) is 9.47 Å². The molecule has 1 N–H and O–H groups in total. The van der Waals surface area contributed by atoms with Gasteiger partial charge >= 0.3 is 0 Å². The van der Waals surface area contributed by atoms with Crippen LogP contribution in [0.3, 0.4) is 0 Å². The molecular weight excluding hydrogens is 310 g/mol. The third-order valence-electron chi connectivity index (χ3n) is 5.71. The van der Waals surface area contributed by atoms with E-state index in [1.807, 2.05) is 18.2 Å². The SMILES string of the molecule is CO[C@H]1O[C@H]2[C@@H](c3cc4c(cc31)OCO4)[C@H]1C(=C[C@@H]2O)CCN1C. The molecule has 0 unspecified atom stereocenters. The van der Waals surface area contributed by atoms with Crippen LogP contribution < -0.4 is 9.47 Å². The second-order valence-corrected chi connectivity index (χ2v) is 6.94. The molecule has 5 atom stereocenters. The number of hydrogen-bond acceptors (Lipinski definition) is 6. The Morgan fingerprint density at radius 1 is 1.21 bits per heavy atom. The zero-order valence-corrected chi connectivity index (χ0v) is 13.8. The molecule has 5 rings (SSSR count). The third kappa shape index (κ3) is 1.91. The first-order chi connectivity index (χ1) is 11.7. The van der Waals surface area contributed by atoms with Gasteiger partial charge in [0.1, 0.15) is 0 Å². The average molecular weight is 331 g/mol. The van der Waals surface area contributed by atoms with Gasteiger partial charge < -0.3 is 24.1 Å². The van der Waals surface area contributed by atoms with Gasteiger partial charge in [-0.3, -0.25) is 4.90 Å². The predicted molar refractivity (Wildman–Crippen MR) is 85.1 cm³/mol. The molecule has 1 aromatic carbocycles. The maximum Gasteiger partial charge on any atom is 0.231 e. The van der Waals surface area contributed by atoms with Crippen LogP contribution in [0, 0.1) is 0 Å². The van der Waals surface area contributed by atoms with Gasteiger partial charge in [0.25, 0.3) is 0 Å². The van der Waals surface area contributed by atoms with E-state index in [1.54, 1.807) is 7.11 Å². The first kappa shape index (κ1) is 14.7. The highest BCUT2D eigenvalue weighted by Crippen LogP contribution is 2.51. The predicted octanol–water partition coefficient (Wildman–Crippen LogP) is 1.55. The van der Waals surface area contributed by atoms with Crippen molar-refractivity contribution in [1.82, 2.24) is 4.90 Å². The van der Waals surface area contributed by atoms with Gasteiger partial charge in [0.2, 0.25) is 6.79 Å². The summed E-state index contributed by atoms with van der Waals surface area (Å²) in [7, 11) is 3.76. The quantitative estimate of drug-likeness (QED) is 0.788. The molecular formula is C18H21NO5. The summed E-state index contributed by atoms with van der Waals surface area (Å²) in [5.74, 6) is 1.55. The molecule has 1 fully saturated rings. The lowest BCUT2D eigenvalue weighted by Crippen LogP contribution is -2.50. The molecule has 0 bridgehead atoms. The van der Waals surface area contributed by atoms with Crippen LogP contribution in [0.5, 0.6) is 11.5 Å². The van der Waals surface area contributed by atoms with Crippen LogP contribution >= 0.6 is 0 Å². The Balaban J connectivity index is 1.69. The molecule has 1 saturated heterocycles. The van der Waals surface area contributed by atoms with Gasteiger partial charge in [-0.15, -0.1) is 0 Å². The number of nitrogens with zero attached hydrogens (tertiary/aromatic N) is 1. The van der Waals surface area contributed by atoms with E-state index >= 15 is 0 Å². The molecule has 6 nitrogen and oxygen atoms in total. The van der Waals surface area contributed by atoms with E-state index in [4.69, 9.17) is 18.9 Å². The molecule has 128 valence electrons. The van der Waals surface area contributed by atoms with Crippen LogP contribution in [0.25, 0.3) is 0 Å². The summed E-state index contributed by atoms with van der Waals surface area (Å²) in [6.07, 6.45) is 1.52. The fourth-order valence-corrected chi connectivity index (χ4v) is 4.65. The molecule has 1 aliphatic carbocycles. The Morgan fingerprint density at radius 2 is 1.96 bits per heavy atom. The van der Waals surface area contributed by atoms with Crippen molar-refractivity contribution in [2.45, 2.75) is 36.9 Å². The van der Waals surface area contributed by atoms with Crippen molar-refractivity contribution in [3.63, 3.8) is 0 Å². The van der Waals surface area contributed by atoms with Crippen molar-refractivity contribution in [3.8, 4) is 11.5 Å². The van der Waals surface area contributed by atoms with Gasteiger partial charge in [0.15, 0.2) is 17.8 Å². The van der Waals surface area contributed by atoms with Crippen LogP contribution in [0.4, 0.5) is 0 Å². The van der Waals surface area contributed by atoms with Crippen LogP contribution in [0.2, 0.25) is 0 Å². The second kappa shape index (κ2) is 5.20. The highest BCUT2D eigenvalue weighted by molar-refractivity contribution is 5.53. The smallest absolute Gasteiger partial charge is 0.231 e. The molecule has 6 heteroatoms. The highest BCUT2D eigenvalue weighted by atomic mass is 16.7. The van der Waals surface area contributed by atoms with Gasteiger partial charge in [-0.1, -0.05) is 11.6 Å². The number of ether oxygens (including phenoxy) is 4. The number of aliphatic hydroxyl groups is 1. The van der Waals surface area contributed by atoms with Crippen molar-refractivity contribution in [1.29, 1.82) is 0 Å². The Hall–Kier alpha value is -1.60. The summed E-state index contributed by atoms with van der Waals surface area (Å²) in [5, 5.41) is 10.6. The van der Waals surface area contributed by atoms with E-state index in [-0.39, 0.29) is 24.9 Å². The molecule has 0 saturated carbocycles. The van der Waals surface area contributed by atoms with Crippen molar-refractivity contribution >= 4 is 0 Å². The number of fused-ring (bicyclic) bond motifs is 6. The lowest BCUT2D eigenvalue weighted by Gasteiger charge is -2.46. The number of likely N-dealkylation sites (N-methyl/N-ethyl adjacent to an activating group) is 1. The lowest BCUT2D eigenvalue weighted by molar-refractivity contribution is -0.200. The minimum atomic E-state index is -0.621. The minimum absolute atomic E-state index is 0.0587. The third-order valence-corrected chi connectivity index (χ3v) is 5.71. The van der Waals surface area contributed by atoms with E-state index in [1.165, 1.54) is 5.57 Å². The second-order valence-electron chi connectivity index (χ2n) is 6.94. The summed E-state index contributed by atoms with van der Waals surface area (Å²) >= 11 is 0. The van der Waals surface area contributed by atoms with Crippen LogP contribution in [0.1, 0.15) is 29.8 Å². The van der Waals surface area contributed by atoms with Gasteiger partial charge in [-0.25, -0.2) is 0 Å². The Morgan fingerprint density at radius 3 is 2.71 bits per heavy atom. The van der Waals surface area contributed by atoms with Crippen molar-refractivity contribution in [2.24, 2.45) is 0 Å². The molecule has 0 amide bonds. The normalized spacial score (nSPS) is 36.8. The van der Waals surface area contributed by atoms with Gasteiger partial charge in [-0.2, -0.15) is 0 Å². The lowest BCUT2D eigenvalue weighted by atomic mass is 9.73. The maximum absolute atomic E-state index is 10.6. The van der Waals surface area contributed by atoms with Gasteiger partial charge in [0, 0.05) is 31.2 Å². The van der Waals surface area contributed by atoms with Crippen LogP contribution in [0.15, 0.2) is 23.8 Å². The van der Waals surface area contributed by atoms with Crippen LogP contribution in [-0.4, -0.2) is 55.8 Å². The summed E-state index contributed by atoms with van der Waals surface area (Å²) in [5.41, 5.74) is 3.40. The average Bonchev–Trinajstić information content (AvgIpc) is 3.18. The molecule has 3 heterocycles. The molecule has 1 aromatic rings. The molecule has 3 aliphatic heterocycles. The minimum Gasteiger partial charge on any atom is -0.454 e. The van der Waals surface area contributed by atoms with E-state index in [0.29, 0.717) is 0 Å². The van der Waals surface area contributed by atoms with Crippen molar-refractivity contribution in [2.75, 3.05) is 27.5 Å². The summed E-state index contributed by atoms with van der Waals surface area (Å²) in [4.78, 5) is 2.35. The fraction of sp³-hybridized carbons (Fsp3) is 0.556. The maximum atomic E-state index is 10.6. The molecule has 24 heavy (non-hydrogen) atoms. The van der Waals surface area contributed by atoms with E-state index < -0.39 is 12.4 Å². The zero-order valence-electron chi connectivity index (χ0n) is 13.8. The number of likely N-dealkylation sites (tertiary alicyclic amines) is 1. The van der Waals surface area contributed by atoms with Crippen molar-refractivity contribution in [3.05, 3.63) is 34.9 Å². The Kier molecular flexibility index (Phi) is 3.19. The topological polar surface area (TPSA) is 60.4 Å². The van der Waals surface area contributed by atoms with Gasteiger partial charge in [-0.05, 0) is 31.2 Å². The summed E-state index contributed by atoms with van der Waals surface area (Å²) in [6.45, 7) is 1.24. The van der Waals surface area contributed by atoms with Gasteiger partial charge in [0.05, 0.1) is 12.2 Å². The molecule has 4 aliphatic rings. The number of hydrogen-bond donors (Lipinski definition) is 1. The van der Waals surface area contributed by atoms with E-state index in [2.05, 4.69) is 11.9 Å². The molecule has 0 radical (unpaired) electrons. The monoisotopic (exact) mass is 331 g/mol. The fourth-order valence-electron chi connectivity index (χ4n) is 4.65. The first-order valence-electron chi connectivity index (χ1n) is 8.38. The summed E-state index contributed by atoms with van der Waals surface area (Å²) < 4.78 is 22.8. The largest absolute Gasteiger partial charge is 0.454 e. The zero-order chi connectivity index (χ0) is 16.4. The Bertz CT molecular complexity index is 718. The molecule has 0 spiro atoms. The number of benzene rings is 1. The highest BCUT2D eigenvalue weighted by Gasteiger charge is 2.50. The van der Waals surface area contributed by atoms with E-state index in [9.17, 15) is 5.11 Å².